The zero-order valence-corrected chi connectivity index (χ0v) is 16.0. The first kappa shape index (κ1) is 19.3. The van der Waals surface area contributed by atoms with E-state index in [4.69, 9.17) is 11.6 Å². The summed E-state index contributed by atoms with van der Waals surface area (Å²) in [5.41, 5.74) is 2.15. The molecule has 0 bridgehead atoms. The fourth-order valence-electron chi connectivity index (χ4n) is 3.91. The van der Waals surface area contributed by atoms with E-state index in [9.17, 15) is 13.2 Å². The van der Waals surface area contributed by atoms with Gasteiger partial charge in [-0.25, -0.2) is 4.98 Å². The number of hydrogen-bond donors (Lipinski definition) is 0. The van der Waals surface area contributed by atoms with Gasteiger partial charge in [0.2, 0.25) is 5.82 Å². The van der Waals surface area contributed by atoms with Crippen LogP contribution in [0, 0.1) is 5.92 Å². The fraction of sp³-hybridized carbons (Fsp3) is 0.381. The van der Waals surface area contributed by atoms with Crippen molar-refractivity contribution in [3.8, 4) is 0 Å². The molecular weight excluding hydrogens is 387 g/mol. The quantitative estimate of drug-likeness (QED) is 0.559. The number of piperidine rings is 1. The number of imidazole rings is 1. The minimum absolute atomic E-state index is 0.208. The second-order valence-electron chi connectivity index (χ2n) is 7.38. The molecule has 28 heavy (non-hydrogen) atoms. The lowest BCUT2D eigenvalue weighted by Gasteiger charge is -2.32. The van der Waals surface area contributed by atoms with Crippen molar-refractivity contribution >= 4 is 22.6 Å². The topological polar surface area (TPSA) is 21.1 Å². The minimum Gasteiger partial charge on any atom is -0.320 e. The SMILES string of the molecule is FC(F)(F)c1nc2ccccc2n1CC1CCN(Cc2ccc(Cl)cc2)CC1. The smallest absolute Gasteiger partial charge is 0.320 e. The number of likely N-dealkylation sites (tertiary alicyclic amines) is 1. The molecule has 0 amide bonds. The highest BCUT2D eigenvalue weighted by atomic mass is 35.5. The van der Waals surface area contributed by atoms with Crippen LogP contribution in [0.25, 0.3) is 11.0 Å². The van der Waals surface area contributed by atoms with Crippen LogP contribution in [0.2, 0.25) is 5.02 Å². The van der Waals surface area contributed by atoms with Crippen molar-refractivity contribution < 1.29 is 13.2 Å². The van der Waals surface area contributed by atoms with Gasteiger partial charge in [0.15, 0.2) is 0 Å². The normalized spacial score (nSPS) is 16.7. The van der Waals surface area contributed by atoms with E-state index in [0.29, 0.717) is 17.6 Å². The highest BCUT2D eigenvalue weighted by Gasteiger charge is 2.38. The molecule has 3 aromatic rings. The molecule has 0 spiro atoms. The third-order valence-electron chi connectivity index (χ3n) is 5.38. The van der Waals surface area contributed by atoms with Crippen LogP contribution in [0.1, 0.15) is 24.2 Å². The number of aromatic nitrogens is 2. The second-order valence-corrected chi connectivity index (χ2v) is 7.81. The van der Waals surface area contributed by atoms with E-state index < -0.39 is 12.0 Å². The van der Waals surface area contributed by atoms with Gasteiger partial charge in [0.05, 0.1) is 11.0 Å². The molecule has 1 saturated heterocycles. The summed E-state index contributed by atoms with van der Waals surface area (Å²) in [7, 11) is 0. The first-order chi connectivity index (χ1) is 13.4. The van der Waals surface area contributed by atoms with Gasteiger partial charge in [-0.2, -0.15) is 13.2 Å². The summed E-state index contributed by atoms with van der Waals surface area (Å²) >= 11 is 5.93. The molecule has 2 aromatic carbocycles. The molecule has 1 aliphatic rings. The zero-order valence-electron chi connectivity index (χ0n) is 15.3. The summed E-state index contributed by atoms with van der Waals surface area (Å²) in [6.45, 7) is 2.94. The Labute approximate surface area is 166 Å². The average molecular weight is 408 g/mol. The van der Waals surface area contributed by atoms with E-state index >= 15 is 0 Å². The molecule has 0 N–H and O–H groups in total. The van der Waals surface area contributed by atoms with Gasteiger partial charge in [-0.3, -0.25) is 4.90 Å². The summed E-state index contributed by atoms with van der Waals surface area (Å²) in [5.74, 6) is -0.586. The fourth-order valence-corrected chi connectivity index (χ4v) is 4.04. The minimum atomic E-state index is -4.45. The van der Waals surface area contributed by atoms with E-state index in [1.165, 1.54) is 10.1 Å². The van der Waals surface area contributed by atoms with E-state index in [1.54, 1.807) is 24.3 Å². The summed E-state index contributed by atoms with van der Waals surface area (Å²) < 4.78 is 41.8. The molecule has 1 aromatic heterocycles. The maximum absolute atomic E-state index is 13.5. The monoisotopic (exact) mass is 407 g/mol. The van der Waals surface area contributed by atoms with Gasteiger partial charge in [0.1, 0.15) is 0 Å². The van der Waals surface area contributed by atoms with Crippen molar-refractivity contribution in [2.24, 2.45) is 5.92 Å². The molecule has 3 nitrogen and oxygen atoms in total. The molecule has 0 radical (unpaired) electrons. The van der Waals surface area contributed by atoms with Crippen LogP contribution in [0.4, 0.5) is 13.2 Å². The lowest BCUT2D eigenvalue weighted by molar-refractivity contribution is -0.147. The van der Waals surface area contributed by atoms with Crippen molar-refractivity contribution in [3.05, 3.63) is 64.9 Å². The van der Waals surface area contributed by atoms with E-state index in [0.717, 1.165) is 37.5 Å². The largest absolute Gasteiger partial charge is 0.449 e. The van der Waals surface area contributed by atoms with Gasteiger partial charge in [-0.15, -0.1) is 0 Å². The maximum Gasteiger partial charge on any atom is 0.449 e. The Morgan fingerprint density at radius 3 is 2.36 bits per heavy atom. The average Bonchev–Trinajstić information content (AvgIpc) is 3.04. The van der Waals surface area contributed by atoms with Crippen LogP contribution < -0.4 is 0 Å². The van der Waals surface area contributed by atoms with Crippen LogP contribution in [0.15, 0.2) is 48.5 Å². The van der Waals surface area contributed by atoms with E-state index in [2.05, 4.69) is 9.88 Å². The van der Waals surface area contributed by atoms with Crippen molar-refractivity contribution in [1.29, 1.82) is 0 Å². The van der Waals surface area contributed by atoms with Crippen LogP contribution in [0.5, 0.6) is 0 Å². The third kappa shape index (κ3) is 4.18. The molecule has 1 fully saturated rings. The molecule has 1 aliphatic heterocycles. The summed E-state index contributed by atoms with van der Waals surface area (Å²) in [6.07, 6.45) is -2.71. The lowest BCUT2D eigenvalue weighted by atomic mass is 9.96. The number of nitrogens with zero attached hydrogens (tertiary/aromatic N) is 3. The van der Waals surface area contributed by atoms with Crippen LogP contribution in [-0.2, 0) is 19.3 Å². The second kappa shape index (κ2) is 7.76. The summed E-state index contributed by atoms with van der Waals surface area (Å²) in [4.78, 5) is 6.19. The van der Waals surface area contributed by atoms with Gasteiger partial charge in [0.25, 0.3) is 0 Å². The highest BCUT2D eigenvalue weighted by Crippen LogP contribution is 2.33. The molecule has 4 rings (SSSR count). The number of fused-ring (bicyclic) bond motifs is 1. The molecule has 7 heteroatoms. The first-order valence-electron chi connectivity index (χ1n) is 9.39. The Hall–Kier alpha value is -2.05. The third-order valence-corrected chi connectivity index (χ3v) is 5.63. The Morgan fingerprint density at radius 1 is 1.00 bits per heavy atom. The Kier molecular flexibility index (Phi) is 5.34. The number of alkyl halides is 3. The number of rotatable bonds is 4. The Balaban J connectivity index is 1.44. The van der Waals surface area contributed by atoms with Gasteiger partial charge in [-0.1, -0.05) is 35.9 Å². The number of para-hydroxylation sites is 2. The number of hydrogen-bond acceptors (Lipinski definition) is 2. The molecule has 148 valence electrons. The van der Waals surface area contributed by atoms with Gasteiger partial charge in [0, 0.05) is 18.1 Å². The van der Waals surface area contributed by atoms with Gasteiger partial charge in [-0.05, 0) is 61.7 Å². The van der Waals surface area contributed by atoms with E-state index in [-0.39, 0.29) is 5.92 Å². The zero-order chi connectivity index (χ0) is 19.7. The Bertz CT molecular complexity index is 942. The Morgan fingerprint density at radius 2 is 1.68 bits per heavy atom. The first-order valence-corrected chi connectivity index (χ1v) is 9.77. The summed E-state index contributed by atoms with van der Waals surface area (Å²) in [6, 6.07) is 14.6. The molecule has 0 atom stereocenters. The van der Waals surface area contributed by atoms with Crippen LogP contribution in [-0.4, -0.2) is 27.5 Å². The predicted molar refractivity (Wildman–Crippen MR) is 104 cm³/mol. The highest BCUT2D eigenvalue weighted by molar-refractivity contribution is 6.30. The number of benzene rings is 2. The van der Waals surface area contributed by atoms with Crippen molar-refractivity contribution in [3.63, 3.8) is 0 Å². The van der Waals surface area contributed by atoms with Crippen LogP contribution in [0.3, 0.4) is 0 Å². The molecule has 0 saturated carbocycles. The molecule has 0 aliphatic carbocycles. The molecule has 0 unspecified atom stereocenters. The van der Waals surface area contributed by atoms with Gasteiger partial charge >= 0.3 is 6.18 Å². The lowest BCUT2D eigenvalue weighted by Crippen LogP contribution is -2.35. The van der Waals surface area contributed by atoms with Crippen molar-refractivity contribution in [2.45, 2.75) is 32.1 Å². The maximum atomic E-state index is 13.5. The predicted octanol–water partition coefficient (Wildman–Crippen LogP) is 5.62. The standard InChI is InChI=1S/C21H21ClF3N3/c22-17-7-5-15(6-8-17)13-27-11-9-16(10-12-27)14-28-19-4-2-1-3-18(19)26-20(28)21(23,24)25/h1-8,16H,9-14H2. The number of halogens is 4. The molecule has 2 heterocycles. The summed E-state index contributed by atoms with van der Waals surface area (Å²) in [5, 5.41) is 0.718. The van der Waals surface area contributed by atoms with Crippen LogP contribution >= 0.6 is 11.6 Å². The van der Waals surface area contributed by atoms with Gasteiger partial charge < -0.3 is 4.57 Å². The molecular formula is C21H21ClF3N3. The van der Waals surface area contributed by atoms with Crippen molar-refractivity contribution in [2.75, 3.05) is 13.1 Å². The van der Waals surface area contributed by atoms with Crippen molar-refractivity contribution in [1.82, 2.24) is 14.5 Å². The van der Waals surface area contributed by atoms with E-state index in [1.807, 2.05) is 24.3 Å².